The number of carboxylic acid groups (broad SMARTS) is 1. The van der Waals surface area contributed by atoms with Crippen molar-refractivity contribution in [3.05, 3.63) is 96.2 Å². The number of sulfonamides is 1. The minimum Gasteiger partial charge on any atom is -0.481 e. The molecule has 3 N–H and O–H groups in total. The molecule has 4 aromatic rings. The second kappa shape index (κ2) is 11.8. The number of amides is 1. The number of aromatic nitrogens is 3. The molecular formula is C29H31N5O6S. The highest BCUT2D eigenvalue weighted by molar-refractivity contribution is 7.92. The van der Waals surface area contributed by atoms with E-state index in [-0.39, 0.29) is 17.1 Å². The fraction of sp³-hybridized carbons (Fsp3) is 0.241. The lowest BCUT2D eigenvalue weighted by Crippen LogP contribution is -2.27. The van der Waals surface area contributed by atoms with Gasteiger partial charge in [-0.1, -0.05) is 23.8 Å². The second-order valence-corrected chi connectivity index (χ2v) is 12.1. The number of carbonyl (C=O) groups is 2. The summed E-state index contributed by atoms with van der Waals surface area (Å²) in [5.74, 6) is -1.71. The van der Waals surface area contributed by atoms with Crippen molar-refractivity contribution in [3.8, 4) is 5.69 Å². The van der Waals surface area contributed by atoms with E-state index in [1.165, 1.54) is 12.5 Å². The standard InChI is InChI=1S/C29H31N5O6S/c1-19-5-12-23(13-6-19)41(38,39)33-21-8-10-22(11-9-21)34-17-25(31-18-34)24(27(35)36)15-20-7-14-26(30-16-20)32-28(37)40-29(2,3)4/h5-14,16-18,24,33H,15H2,1-4H3,(H,35,36)(H,30,32,37). The summed E-state index contributed by atoms with van der Waals surface area (Å²) in [7, 11) is -3.74. The molecule has 0 aliphatic carbocycles. The molecule has 1 amide bonds. The maximum atomic E-state index is 12.7. The summed E-state index contributed by atoms with van der Waals surface area (Å²) in [5, 5.41) is 12.4. The Morgan fingerprint density at radius 3 is 2.27 bits per heavy atom. The van der Waals surface area contributed by atoms with E-state index in [2.05, 4.69) is 20.0 Å². The summed E-state index contributed by atoms with van der Waals surface area (Å²) in [6.45, 7) is 7.14. The van der Waals surface area contributed by atoms with E-state index in [4.69, 9.17) is 4.74 Å². The van der Waals surface area contributed by atoms with Crippen LogP contribution in [0.15, 0.2) is 84.3 Å². The van der Waals surface area contributed by atoms with E-state index in [9.17, 15) is 23.1 Å². The van der Waals surface area contributed by atoms with Gasteiger partial charge in [0.25, 0.3) is 10.0 Å². The molecule has 0 spiro atoms. The zero-order chi connectivity index (χ0) is 29.8. The highest BCUT2D eigenvalue weighted by Crippen LogP contribution is 2.23. The van der Waals surface area contributed by atoms with Gasteiger partial charge in [0, 0.05) is 23.8 Å². The molecule has 11 nitrogen and oxygen atoms in total. The number of hydrogen-bond donors (Lipinski definition) is 3. The SMILES string of the molecule is Cc1ccc(S(=O)(=O)Nc2ccc(-n3cnc(C(Cc4ccc(NC(=O)OC(C)(C)C)nc4)C(=O)O)c3)cc2)cc1. The Kier molecular flexibility index (Phi) is 8.43. The van der Waals surface area contributed by atoms with Gasteiger partial charge in [-0.15, -0.1) is 0 Å². The third kappa shape index (κ3) is 7.92. The molecule has 41 heavy (non-hydrogen) atoms. The number of aryl methyl sites for hydroxylation is 1. The number of anilines is 2. The lowest BCUT2D eigenvalue weighted by atomic mass is 9.98. The van der Waals surface area contributed by atoms with Crippen molar-refractivity contribution in [1.82, 2.24) is 14.5 Å². The first-order chi connectivity index (χ1) is 19.3. The minimum atomic E-state index is -3.74. The number of imidazole rings is 1. The number of pyridine rings is 1. The van der Waals surface area contributed by atoms with Crippen LogP contribution in [0.3, 0.4) is 0 Å². The van der Waals surface area contributed by atoms with E-state index >= 15 is 0 Å². The van der Waals surface area contributed by atoms with Crippen LogP contribution in [-0.4, -0.2) is 45.7 Å². The molecule has 0 radical (unpaired) electrons. The number of ether oxygens (including phenoxy) is 1. The quantitative estimate of drug-likeness (QED) is 0.247. The molecule has 2 aromatic carbocycles. The first kappa shape index (κ1) is 29.3. The highest BCUT2D eigenvalue weighted by atomic mass is 32.2. The molecule has 2 aromatic heterocycles. The third-order valence-electron chi connectivity index (χ3n) is 5.90. The van der Waals surface area contributed by atoms with Gasteiger partial charge in [0.05, 0.1) is 16.9 Å². The van der Waals surface area contributed by atoms with E-state index in [0.29, 0.717) is 22.6 Å². The Bertz CT molecular complexity index is 1620. The molecule has 4 rings (SSSR count). The van der Waals surface area contributed by atoms with Crippen molar-refractivity contribution in [2.24, 2.45) is 0 Å². The fourth-order valence-electron chi connectivity index (χ4n) is 3.87. The molecule has 2 heterocycles. The van der Waals surface area contributed by atoms with Gasteiger partial charge in [-0.2, -0.15) is 0 Å². The van der Waals surface area contributed by atoms with Crippen molar-refractivity contribution >= 4 is 33.6 Å². The van der Waals surface area contributed by atoms with Crippen molar-refractivity contribution in [2.45, 2.75) is 50.5 Å². The van der Waals surface area contributed by atoms with E-state index in [1.807, 2.05) is 6.92 Å². The molecule has 12 heteroatoms. The van der Waals surface area contributed by atoms with Gasteiger partial charge in [0.15, 0.2) is 0 Å². The number of nitrogens with one attached hydrogen (secondary N) is 2. The summed E-state index contributed by atoms with van der Waals surface area (Å²) in [4.78, 5) is 32.7. The Balaban J connectivity index is 1.42. The second-order valence-electron chi connectivity index (χ2n) is 10.4. The van der Waals surface area contributed by atoms with Gasteiger partial charge >= 0.3 is 12.1 Å². The van der Waals surface area contributed by atoms with E-state index < -0.39 is 33.6 Å². The number of carboxylic acids is 1. The maximum absolute atomic E-state index is 12.7. The highest BCUT2D eigenvalue weighted by Gasteiger charge is 2.24. The van der Waals surface area contributed by atoms with Crippen molar-refractivity contribution < 1.29 is 27.9 Å². The van der Waals surface area contributed by atoms with Gasteiger partial charge < -0.3 is 14.4 Å². The van der Waals surface area contributed by atoms with Crippen LogP contribution in [0.2, 0.25) is 0 Å². The summed E-state index contributed by atoms with van der Waals surface area (Å²) in [5.41, 5.74) is 2.36. The van der Waals surface area contributed by atoms with Gasteiger partial charge in [0.1, 0.15) is 17.3 Å². The molecule has 0 saturated heterocycles. The predicted molar refractivity (Wildman–Crippen MR) is 154 cm³/mol. The number of rotatable bonds is 9. The molecule has 0 aliphatic rings. The molecule has 0 aliphatic heterocycles. The van der Waals surface area contributed by atoms with Crippen molar-refractivity contribution in [1.29, 1.82) is 0 Å². The molecule has 214 valence electrons. The Hall–Kier alpha value is -4.71. The summed E-state index contributed by atoms with van der Waals surface area (Å²) < 4.78 is 34.8. The van der Waals surface area contributed by atoms with Crippen LogP contribution in [0.4, 0.5) is 16.3 Å². The smallest absolute Gasteiger partial charge is 0.413 e. The van der Waals surface area contributed by atoms with Crippen LogP contribution in [0.1, 0.15) is 43.5 Å². The summed E-state index contributed by atoms with van der Waals surface area (Å²) >= 11 is 0. The molecular weight excluding hydrogens is 546 g/mol. The number of nitrogens with zero attached hydrogens (tertiary/aromatic N) is 3. The van der Waals surface area contributed by atoms with Crippen LogP contribution >= 0.6 is 0 Å². The normalized spacial score (nSPS) is 12.4. The van der Waals surface area contributed by atoms with Gasteiger partial charge in [-0.25, -0.2) is 23.2 Å². The summed E-state index contributed by atoms with van der Waals surface area (Å²) in [6, 6.07) is 16.5. The van der Waals surface area contributed by atoms with Gasteiger partial charge in [-0.05, 0) is 82.1 Å². The molecule has 1 unspecified atom stereocenters. The first-order valence-corrected chi connectivity index (χ1v) is 14.2. The number of benzene rings is 2. The maximum Gasteiger partial charge on any atom is 0.413 e. The first-order valence-electron chi connectivity index (χ1n) is 12.7. The van der Waals surface area contributed by atoms with Crippen LogP contribution in [0, 0.1) is 6.92 Å². The van der Waals surface area contributed by atoms with E-state index in [0.717, 1.165) is 5.56 Å². The van der Waals surface area contributed by atoms with E-state index in [1.54, 1.807) is 92.2 Å². The van der Waals surface area contributed by atoms with Crippen LogP contribution in [0.25, 0.3) is 5.69 Å². The van der Waals surface area contributed by atoms with Crippen LogP contribution in [-0.2, 0) is 26.0 Å². The molecule has 0 saturated carbocycles. The fourth-order valence-corrected chi connectivity index (χ4v) is 4.93. The largest absolute Gasteiger partial charge is 0.481 e. The van der Waals surface area contributed by atoms with Gasteiger partial charge in [0.2, 0.25) is 0 Å². The predicted octanol–water partition coefficient (Wildman–Crippen LogP) is 5.13. The van der Waals surface area contributed by atoms with Crippen LogP contribution in [0.5, 0.6) is 0 Å². The topological polar surface area (TPSA) is 153 Å². The van der Waals surface area contributed by atoms with Gasteiger partial charge in [-0.3, -0.25) is 14.8 Å². The number of hydrogen-bond acceptors (Lipinski definition) is 7. The van der Waals surface area contributed by atoms with Crippen LogP contribution < -0.4 is 10.0 Å². The third-order valence-corrected chi connectivity index (χ3v) is 7.30. The lowest BCUT2D eigenvalue weighted by Gasteiger charge is -2.19. The molecule has 0 bridgehead atoms. The Labute approximate surface area is 238 Å². The van der Waals surface area contributed by atoms with Crippen molar-refractivity contribution in [3.63, 3.8) is 0 Å². The monoisotopic (exact) mass is 577 g/mol. The number of aliphatic carboxylic acids is 1. The summed E-state index contributed by atoms with van der Waals surface area (Å²) in [6.07, 6.45) is 4.12. The minimum absolute atomic E-state index is 0.131. The Morgan fingerprint density at radius 2 is 1.68 bits per heavy atom. The Morgan fingerprint density at radius 1 is 1.00 bits per heavy atom. The van der Waals surface area contributed by atoms with Crippen molar-refractivity contribution in [2.75, 3.05) is 10.0 Å². The molecule has 0 fully saturated rings. The average Bonchev–Trinajstić information content (AvgIpc) is 3.37. The zero-order valence-corrected chi connectivity index (χ0v) is 23.8. The average molecular weight is 578 g/mol. The zero-order valence-electron chi connectivity index (χ0n) is 23.0. The lowest BCUT2D eigenvalue weighted by molar-refractivity contribution is -0.138. The molecule has 1 atom stereocenters. The number of carbonyl (C=O) groups excluding carboxylic acids is 1.